The van der Waals surface area contributed by atoms with Crippen LogP contribution in [0.15, 0.2) is 78.2 Å². The summed E-state index contributed by atoms with van der Waals surface area (Å²) < 4.78 is 23.8. The third kappa shape index (κ3) is 2.98. The van der Waals surface area contributed by atoms with Gasteiger partial charge in [-0.1, -0.05) is 12.1 Å². The van der Waals surface area contributed by atoms with Crippen LogP contribution in [0.25, 0.3) is 11.1 Å². The first-order valence-electron chi connectivity index (χ1n) is 9.74. The molecule has 30 heavy (non-hydrogen) atoms. The number of benzene rings is 1. The van der Waals surface area contributed by atoms with Crippen LogP contribution in [0.1, 0.15) is 23.2 Å². The van der Waals surface area contributed by atoms with E-state index in [0.717, 1.165) is 41.7 Å². The monoisotopic (exact) mass is 418 g/mol. The molecular weight excluding hydrogens is 398 g/mol. The smallest absolute Gasteiger partial charge is 0.248 e. The molecule has 3 heterocycles. The molecule has 150 valence electrons. The number of rotatable bonds is 4. The molecule has 6 nitrogen and oxygen atoms in total. The number of pyridine rings is 2. The Kier molecular flexibility index (Phi) is 4.20. The topological polar surface area (TPSA) is 77.0 Å². The summed E-state index contributed by atoms with van der Waals surface area (Å²) >= 11 is 0. The Hall–Kier alpha value is -3.16. The number of hydrogen-bond donors (Lipinski definition) is 0. The normalized spacial score (nSPS) is 20.8. The molecule has 1 aromatic carbocycles. The molecule has 1 unspecified atom stereocenters. The lowest BCUT2D eigenvalue weighted by Gasteiger charge is -2.36. The predicted molar refractivity (Wildman–Crippen MR) is 115 cm³/mol. The molecule has 5 rings (SSSR count). The van der Waals surface area contributed by atoms with Crippen molar-refractivity contribution in [3.63, 3.8) is 0 Å². The average Bonchev–Trinajstić information content (AvgIpc) is 3.60. The van der Waals surface area contributed by atoms with Crippen molar-refractivity contribution < 1.29 is 13.2 Å². The summed E-state index contributed by atoms with van der Waals surface area (Å²) in [6, 6.07) is 15.3. The predicted octanol–water partition coefficient (Wildman–Crippen LogP) is 4.06. The van der Waals surface area contributed by atoms with Crippen LogP contribution in [0.3, 0.4) is 0 Å². The van der Waals surface area contributed by atoms with E-state index in [1.165, 1.54) is 6.07 Å². The van der Waals surface area contributed by atoms with E-state index in [2.05, 4.69) is 22.1 Å². The number of carbonyl (C=O) groups excluding carboxylic acids is 1. The number of nitrogens with zero attached hydrogens (tertiary/aromatic N) is 3. The molecule has 0 N–H and O–H groups in total. The van der Waals surface area contributed by atoms with Gasteiger partial charge in [-0.25, -0.2) is 22.9 Å². The first-order chi connectivity index (χ1) is 14.4. The third-order valence-electron chi connectivity index (χ3n) is 5.71. The molecule has 2 aromatic heterocycles. The van der Waals surface area contributed by atoms with Gasteiger partial charge in [0.05, 0.1) is 0 Å². The molecule has 2 aliphatic rings. The highest BCUT2D eigenvalue weighted by Crippen LogP contribution is 2.49. The van der Waals surface area contributed by atoms with Crippen LogP contribution in [0.2, 0.25) is 0 Å². The Bertz CT molecular complexity index is 1300. The van der Waals surface area contributed by atoms with Crippen molar-refractivity contribution in [2.45, 2.75) is 23.9 Å². The van der Waals surface area contributed by atoms with Crippen molar-refractivity contribution in [1.29, 1.82) is 0 Å². The highest BCUT2D eigenvalue weighted by Gasteiger charge is 2.51. The quantitative estimate of drug-likeness (QED) is 0.597. The average molecular weight is 418 g/mol. The minimum atomic E-state index is -3.34. The van der Waals surface area contributed by atoms with Crippen molar-refractivity contribution in [3.8, 4) is 11.1 Å². The van der Waals surface area contributed by atoms with Gasteiger partial charge in [-0.15, -0.1) is 0 Å². The van der Waals surface area contributed by atoms with Gasteiger partial charge < -0.3 is 0 Å². The van der Waals surface area contributed by atoms with Crippen molar-refractivity contribution in [2.75, 3.05) is 6.26 Å². The summed E-state index contributed by atoms with van der Waals surface area (Å²) in [6.07, 6.45) is 10.2. The molecule has 1 saturated carbocycles. The van der Waals surface area contributed by atoms with Gasteiger partial charge in [-0.2, -0.15) is 0 Å². The SMILES string of the molecule is CS(=O)(=O)c1ccc(-c2cccc([N+]3(C4CC4)C=CC(=O)c4cccnc43)c2)cn1. The third-order valence-corrected chi connectivity index (χ3v) is 6.71. The lowest BCUT2D eigenvalue weighted by molar-refractivity contribution is 0.104. The maximum Gasteiger partial charge on any atom is 0.248 e. The molecule has 0 amide bonds. The van der Waals surface area contributed by atoms with Crippen LogP contribution in [-0.2, 0) is 9.84 Å². The zero-order valence-corrected chi connectivity index (χ0v) is 17.2. The van der Waals surface area contributed by atoms with Gasteiger partial charge in [0.2, 0.25) is 5.82 Å². The Morgan fingerprint density at radius 1 is 1.00 bits per heavy atom. The van der Waals surface area contributed by atoms with E-state index in [0.29, 0.717) is 16.1 Å². The second-order valence-corrected chi connectivity index (χ2v) is 9.73. The van der Waals surface area contributed by atoms with Crippen LogP contribution in [0.5, 0.6) is 0 Å². The van der Waals surface area contributed by atoms with Gasteiger partial charge in [0.25, 0.3) is 0 Å². The Balaban J connectivity index is 1.64. The molecular formula is C23H20N3O3S+. The minimum Gasteiger partial charge on any atom is -0.289 e. The van der Waals surface area contributed by atoms with Gasteiger partial charge in [-0.05, 0) is 29.8 Å². The molecule has 0 bridgehead atoms. The van der Waals surface area contributed by atoms with Crippen LogP contribution in [0.4, 0.5) is 11.5 Å². The molecule has 0 saturated heterocycles. The van der Waals surface area contributed by atoms with E-state index in [4.69, 9.17) is 0 Å². The first kappa shape index (κ1) is 18.8. The standard InChI is InChI=1S/C23H20N3O3S/c1-30(28,29)22-10-7-17(15-25-22)16-4-2-5-19(14-16)26(18-8-9-18)13-11-21(27)20-6-3-12-24-23(20)26/h2-7,10-15,18H,8-9H2,1H3/q+1. The van der Waals surface area contributed by atoms with Gasteiger partial charge in [-0.3, -0.25) is 4.79 Å². The summed E-state index contributed by atoms with van der Waals surface area (Å²) in [7, 11) is -3.34. The zero-order valence-electron chi connectivity index (χ0n) is 16.4. The van der Waals surface area contributed by atoms with Crippen LogP contribution in [0, 0.1) is 0 Å². The number of sulfone groups is 1. The lowest BCUT2D eigenvalue weighted by Crippen LogP contribution is -2.44. The second-order valence-electron chi connectivity index (χ2n) is 7.77. The summed E-state index contributed by atoms with van der Waals surface area (Å²) in [5.74, 6) is 0.736. The van der Waals surface area contributed by atoms with Gasteiger partial charge in [0.15, 0.2) is 20.6 Å². The fraction of sp³-hybridized carbons (Fsp3) is 0.174. The fourth-order valence-electron chi connectivity index (χ4n) is 4.11. The van der Waals surface area contributed by atoms with E-state index >= 15 is 0 Å². The molecule has 0 radical (unpaired) electrons. The number of allylic oxidation sites excluding steroid dienone is 1. The van der Waals surface area contributed by atoms with Crippen molar-refractivity contribution in [2.24, 2.45) is 0 Å². The molecule has 1 aliphatic heterocycles. The van der Waals surface area contributed by atoms with E-state index in [-0.39, 0.29) is 10.8 Å². The summed E-state index contributed by atoms with van der Waals surface area (Å²) in [4.78, 5) is 21.2. The largest absolute Gasteiger partial charge is 0.289 e. The molecule has 0 spiro atoms. The van der Waals surface area contributed by atoms with E-state index in [1.54, 1.807) is 30.6 Å². The van der Waals surface area contributed by atoms with Crippen molar-refractivity contribution in [1.82, 2.24) is 14.5 Å². The van der Waals surface area contributed by atoms with Crippen LogP contribution in [-0.4, -0.2) is 36.5 Å². The molecule has 3 aromatic rings. The van der Waals surface area contributed by atoms with E-state index in [1.807, 2.05) is 24.4 Å². The Labute approximate surface area is 175 Å². The maximum absolute atomic E-state index is 12.5. The van der Waals surface area contributed by atoms with Gasteiger partial charge >= 0.3 is 0 Å². The number of aromatic nitrogens is 2. The highest BCUT2D eigenvalue weighted by atomic mass is 32.2. The maximum atomic E-state index is 12.5. The Morgan fingerprint density at radius 2 is 1.83 bits per heavy atom. The van der Waals surface area contributed by atoms with Gasteiger partial charge in [0.1, 0.15) is 23.5 Å². The summed E-state index contributed by atoms with van der Waals surface area (Å²) in [5.41, 5.74) is 3.42. The molecule has 7 heteroatoms. The molecule has 1 aliphatic carbocycles. The first-order valence-corrected chi connectivity index (χ1v) is 11.6. The number of hydrogen-bond acceptors (Lipinski definition) is 5. The number of quaternary nitrogens is 1. The summed E-state index contributed by atoms with van der Waals surface area (Å²) in [5, 5.41) is 0.0551. The summed E-state index contributed by atoms with van der Waals surface area (Å²) in [6.45, 7) is 0. The second kappa shape index (κ2) is 6.68. The number of ketones is 1. The lowest BCUT2D eigenvalue weighted by atomic mass is 10.0. The minimum absolute atomic E-state index is 0.0239. The van der Waals surface area contributed by atoms with E-state index < -0.39 is 9.84 Å². The zero-order chi connectivity index (χ0) is 20.9. The number of carbonyl (C=O) groups is 1. The number of fused-ring (bicyclic) bond motifs is 1. The van der Waals surface area contributed by atoms with E-state index in [9.17, 15) is 13.2 Å². The highest BCUT2D eigenvalue weighted by molar-refractivity contribution is 7.90. The van der Waals surface area contributed by atoms with Crippen LogP contribution >= 0.6 is 0 Å². The molecule has 1 fully saturated rings. The van der Waals surface area contributed by atoms with Crippen molar-refractivity contribution in [3.05, 3.63) is 78.8 Å². The Morgan fingerprint density at radius 3 is 2.53 bits per heavy atom. The van der Waals surface area contributed by atoms with Crippen LogP contribution < -0.4 is 4.48 Å². The molecule has 1 atom stereocenters. The fourth-order valence-corrected chi connectivity index (χ4v) is 4.67. The van der Waals surface area contributed by atoms with Crippen molar-refractivity contribution >= 4 is 27.1 Å². The van der Waals surface area contributed by atoms with Gasteiger partial charge in [0, 0.05) is 55.3 Å².